The van der Waals surface area contributed by atoms with Crippen LogP contribution in [0, 0.1) is 17.6 Å². The molecule has 3 nitrogen and oxygen atoms in total. The third-order valence-electron chi connectivity index (χ3n) is 3.90. The lowest BCUT2D eigenvalue weighted by atomic mass is 10.1. The molecule has 5 heteroatoms. The standard InChI is InChI=1S/C16H21F2NO2/c1-19(10-15(20)11-5-6-11)16(21)4-2-3-12-9-13(17)7-8-14(12)18/h7-9,11,15,20H,2-6,10H2,1H3. The highest BCUT2D eigenvalue weighted by Gasteiger charge is 2.30. The first-order valence-electron chi connectivity index (χ1n) is 7.33. The molecular weight excluding hydrogens is 276 g/mol. The van der Waals surface area contributed by atoms with Crippen LogP contribution in [0.4, 0.5) is 8.78 Å². The van der Waals surface area contributed by atoms with E-state index in [2.05, 4.69) is 0 Å². The van der Waals surface area contributed by atoms with Crippen LogP contribution in [-0.4, -0.2) is 35.6 Å². The molecule has 1 aliphatic carbocycles. The summed E-state index contributed by atoms with van der Waals surface area (Å²) < 4.78 is 26.4. The second kappa shape index (κ2) is 6.98. The Hall–Kier alpha value is -1.49. The Labute approximate surface area is 123 Å². The van der Waals surface area contributed by atoms with Gasteiger partial charge < -0.3 is 10.0 Å². The first-order valence-corrected chi connectivity index (χ1v) is 7.33. The SMILES string of the molecule is CN(CC(O)C1CC1)C(=O)CCCc1cc(F)ccc1F. The van der Waals surface area contributed by atoms with Gasteiger partial charge in [0.2, 0.25) is 5.91 Å². The second-order valence-electron chi connectivity index (χ2n) is 5.77. The van der Waals surface area contributed by atoms with Crippen molar-refractivity contribution in [2.75, 3.05) is 13.6 Å². The van der Waals surface area contributed by atoms with Crippen molar-refractivity contribution in [2.45, 2.75) is 38.2 Å². The predicted molar refractivity (Wildman–Crippen MR) is 75.7 cm³/mol. The molecule has 1 fully saturated rings. The van der Waals surface area contributed by atoms with Gasteiger partial charge in [0.15, 0.2) is 0 Å². The first kappa shape index (κ1) is 15.9. The van der Waals surface area contributed by atoms with Gasteiger partial charge in [0.05, 0.1) is 6.10 Å². The highest BCUT2D eigenvalue weighted by atomic mass is 19.1. The van der Waals surface area contributed by atoms with Crippen molar-refractivity contribution in [3.8, 4) is 0 Å². The van der Waals surface area contributed by atoms with Crippen LogP contribution < -0.4 is 0 Å². The van der Waals surface area contributed by atoms with Gasteiger partial charge in [0, 0.05) is 20.0 Å². The van der Waals surface area contributed by atoms with Crippen molar-refractivity contribution in [2.24, 2.45) is 5.92 Å². The number of rotatable bonds is 7. The van der Waals surface area contributed by atoms with Gasteiger partial charge in [-0.3, -0.25) is 4.79 Å². The smallest absolute Gasteiger partial charge is 0.222 e. The number of aryl methyl sites for hydroxylation is 1. The predicted octanol–water partition coefficient (Wildman–Crippen LogP) is 2.52. The molecule has 0 heterocycles. The minimum atomic E-state index is -0.470. The molecule has 0 aliphatic heterocycles. The van der Waals surface area contributed by atoms with Crippen molar-refractivity contribution in [1.82, 2.24) is 4.90 Å². The Kier molecular flexibility index (Phi) is 5.28. The van der Waals surface area contributed by atoms with Gasteiger partial charge >= 0.3 is 0 Å². The maximum atomic E-state index is 13.4. The maximum absolute atomic E-state index is 13.4. The Balaban J connectivity index is 1.74. The van der Waals surface area contributed by atoms with E-state index >= 15 is 0 Å². The van der Waals surface area contributed by atoms with Gasteiger partial charge in [-0.2, -0.15) is 0 Å². The number of hydrogen-bond donors (Lipinski definition) is 1. The van der Waals surface area contributed by atoms with Crippen LogP contribution in [0.5, 0.6) is 0 Å². The summed E-state index contributed by atoms with van der Waals surface area (Å²) in [5.41, 5.74) is 0.295. The van der Waals surface area contributed by atoms with Gasteiger partial charge in [0.1, 0.15) is 11.6 Å². The van der Waals surface area contributed by atoms with E-state index in [0.717, 1.165) is 25.0 Å². The minimum absolute atomic E-state index is 0.0773. The Morgan fingerprint density at radius 1 is 1.43 bits per heavy atom. The molecule has 1 aromatic carbocycles. The Morgan fingerprint density at radius 3 is 2.81 bits per heavy atom. The number of aliphatic hydroxyl groups is 1. The van der Waals surface area contributed by atoms with Crippen LogP contribution in [0.2, 0.25) is 0 Å². The fraction of sp³-hybridized carbons (Fsp3) is 0.562. The lowest BCUT2D eigenvalue weighted by Gasteiger charge is -2.20. The van der Waals surface area contributed by atoms with E-state index in [-0.39, 0.29) is 12.3 Å². The third-order valence-corrected chi connectivity index (χ3v) is 3.90. The molecule has 21 heavy (non-hydrogen) atoms. The van der Waals surface area contributed by atoms with Crippen molar-refractivity contribution in [3.05, 3.63) is 35.4 Å². The molecule has 1 unspecified atom stereocenters. The molecule has 0 saturated heterocycles. The summed E-state index contributed by atoms with van der Waals surface area (Å²) in [6.45, 7) is 0.345. The number of likely N-dealkylation sites (N-methyl/N-ethyl adjacent to an activating group) is 1. The number of halogens is 2. The molecule has 0 bridgehead atoms. The second-order valence-corrected chi connectivity index (χ2v) is 5.77. The summed E-state index contributed by atoms with van der Waals surface area (Å²) in [5, 5.41) is 9.79. The first-order chi connectivity index (χ1) is 9.97. The number of aliphatic hydroxyl groups excluding tert-OH is 1. The van der Waals surface area contributed by atoms with Crippen LogP contribution in [-0.2, 0) is 11.2 Å². The molecule has 116 valence electrons. The van der Waals surface area contributed by atoms with Gasteiger partial charge in [-0.25, -0.2) is 8.78 Å². The molecular formula is C16H21F2NO2. The number of hydrogen-bond acceptors (Lipinski definition) is 2. The number of carbonyl (C=O) groups excluding carboxylic acids is 1. The molecule has 1 aromatic rings. The summed E-state index contributed by atoms with van der Waals surface area (Å²) in [5.74, 6) is -0.656. The van der Waals surface area contributed by atoms with Crippen LogP contribution in [0.3, 0.4) is 0 Å². The van der Waals surface area contributed by atoms with Gasteiger partial charge in [-0.15, -0.1) is 0 Å². The van der Waals surface area contributed by atoms with E-state index in [1.54, 1.807) is 7.05 Å². The number of amides is 1. The van der Waals surface area contributed by atoms with Crippen molar-refractivity contribution in [3.63, 3.8) is 0 Å². The summed E-state index contributed by atoms with van der Waals surface area (Å²) in [7, 11) is 1.66. The summed E-state index contributed by atoms with van der Waals surface area (Å²) in [4.78, 5) is 13.4. The van der Waals surface area contributed by atoms with E-state index in [0.29, 0.717) is 30.9 Å². The van der Waals surface area contributed by atoms with E-state index in [4.69, 9.17) is 0 Å². The summed E-state index contributed by atoms with van der Waals surface area (Å²) in [6.07, 6.45) is 2.67. The molecule has 0 spiro atoms. The van der Waals surface area contributed by atoms with Crippen LogP contribution in [0.15, 0.2) is 18.2 Å². The monoisotopic (exact) mass is 297 g/mol. The minimum Gasteiger partial charge on any atom is -0.391 e. The molecule has 1 amide bonds. The average Bonchev–Trinajstić information content (AvgIpc) is 3.26. The van der Waals surface area contributed by atoms with E-state index in [1.165, 1.54) is 11.0 Å². The van der Waals surface area contributed by atoms with E-state index < -0.39 is 17.7 Å². The molecule has 2 rings (SSSR count). The van der Waals surface area contributed by atoms with E-state index in [1.807, 2.05) is 0 Å². The fourth-order valence-electron chi connectivity index (χ4n) is 2.37. The molecule has 1 saturated carbocycles. The van der Waals surface area contributed by atoms with Gasteiger partial charge in [-0.05, 0) is 55.4 Å². The van der Waals surface area contributed by atoms with Crippen LogP contribution in [0.25, 0.3) is 0 Å². The van der Waals surface area contributed by atoms with Crippen molar-refractivity contribution >= 4 is 5.91 Å². The molecule has 1 N–H and O–H groups in total. The number of carbonyl (C=O) groups is 1. The highest BCUT2D eigenvalue weighted by molar-refractivity contribution is 5.75. The zero-order chi connectivity index (χ0) is 15.4. The van der Waals surface area contributed by atoms with Crippen LogP contribution >= 0.6 is 0 Å². The summed E-state index contributed by atoms with van der Waals surface area (Å²) >= 11 is 0. The quantitative estimate of drug-likeness (QED) is 0.840. The van der Waals surface area contributed by atoms with E-state index in [9.17, 15) is 18.7 Å². The van der Waals surface area contributed by atoms with Crippen molar-refractivity contribution < 1.29 is 18.7 Å². The number of nitrogens with zero attached hydrogens (tertiary/aromatic N) is 1. The van der Waals surface area contributed by atoms with Gasteiger partial charge in [-0.1, -0.05) is 0 Å². The largest absolute Gasteiger partial charge is 0.391 e. The number of benzene rings is 1. The lowest BCUT2D eigenvalue weighted by Crippen LogP contribution is -2.35. The lowest BCUT2D eigenvalue weighted by molar-refractivity contribution is -0.131. The molecule has 0 aromatic heterocycles. The zero-order valence-corrected chi connectivity index (χ0v) is 12.2. The third kappa shape index (κ3) is 4.77. The molecule has 1 aliphatic rings. The zero-order valence-electron chi connectivity index (χ0n) is 12.2. The topological polar surface area (TPSA) is 40.5 Å². The average molecular weight is 297 g/mol. The highest BCUT2D eigenvalue weighted by Crippen LogP contribution is 2.32. The fourth-order valence-corrected chi connectivity index (χ4v) is 2.37. The normalized spacial score (nSPS) is 15.8. The molecule has 1 atom stereocenters. The van der Waals surface area contributed by atoms with Gasteiger partial charge in [0.25, 0.3) is 0 Å². The summed E-state index contributed by atoms with van der Waals surface area (Å²) in [6, 6.07) is 3.35. The molecule has 0 radical (unpaired) electrons. The Morgan fingerprint density at radius 2 is 2.14 bits per heavy atom. The van der Waals surface area contributed by atoms with Crippen molar-refractivity contribution in [1.29, 1.82) is 0 Å². The maximum Gasteiger partial charge on any atom is 0.222 e. The Bertz CT molecular complexity index is 503. The van der Waals surface area contributed by atoms with Crippen LogP contribution in [0.1, 0.15) is 31.2 Å².